The van der Waals surface area contributed by atoms with Crippen LogP contribution in [0.2, 0.25) is 0 Å². The van der Waals surface area contributed by atoms with Crippen LogP contribution in [0.3, 0.4) is 0 Å². The van der Waals surface area contributed by atoms with E-state index >= 15 is 0 Å². The maximum absolute atomic E-state index is 10.9. The maximum atomic E-state index is 10.9. The van der Waals surface area contributed by atoms with Crippen LogP contribution in [-0.2, 0) is 6.54 Å². The second kappa shape index (κ2) is 5.36. The molecule has 0 saturated carbocycles. The third-order valence-electron chi connectivity index (χ3n) is 3.49. The number of hydrogen-bond acceptors (Lipinski definition) is 2. The molecule has 2 rings (SSSR count). The normalized spacial score (nSPS) is 22.9. The number of aromatic carboxylic acids is 1. The molecule has 1 aromatic carbocycles. The minimum Gasteiger partial charge on any atom is -0.478 e. The molecule has 0 bridgehead atoms. The quantitative estimate of drug-likeness (QED) is 0.802. The first kappa shape index (κ1) is 12.8. The van der Waals surface area contributed by atoms with E-state index in [1.807, 2.05) is 6.07 Å². The summed E-state index contributed by atoms with van der Waals surface area (Å²) in [7, 11) is 0. The first-order valence-electron chi connectivity index (χ1n) is 6.31. The largest absolute Gasteiger partial charge is 0.478 e. The van der Waals surface area contributed by atoms with Crippen molar-refractivity contribution in [2.24, 2.45) is 0 Å². The second-order valence-electron chi connectivity index (χ2n) is 5.13. The van der Waals surface area contributed by atoms with Crippen molar-refractivity contribution in [2.45, 2.75) is 38.3 Å². The van der Waals surface area contributed by atoms with Crippen molar-refractivity contribution in [3.8, 4) is 0 Å². The third kappa shape index (κ3) is 3.20. The summed E-state index contributed by atoms with van der Waals surface area (Å²) in [5.74, 6) is -0.872. The van der Waals surface area contributed by atoms with E-state index in [2.05, 4.69) is 24.4 Å². The predicted octanol–water partition coefficient (Wildman–Crippen LogP) is 2.97. The zero-order valence-corrected chi connectivity index (χ0v) is 10.6. The van der Waals surface area contributed by atoms with Crippen LogP contribution in [0.25, 0.3) is 0 Å². The summed E-state index contributed by atoms with van der Waals surface area (Å²) in [5, 5.41) is 12.5. The fraction of sp³-hybridized carbons (Fsp3) is 0.400. The van der Waals surface area contributed by atoms with Crippen LogP contribution in [0.5, 0.6) is 0 Å². The topological polar surface area (TPSA) is 49.3 Å². The lowest BCUT2D eigenvalue weighted by Crippen LogP contribution is -2.42. The number of benzene rings is 1. The van der Waals surface area contributed by atoms with Crippen LogP contribution in [0.15, 0.2) is 36.4 Å². The maximum Gasteiger partial charge on any atom is 0.335 e. The monoisotopic (exact) mass is 245 g/mol. The average molecular weight is 245 g/mol. The molecular formula is C15H19NO2. The molecule has 1 unspecified atom stereocenters. The molecule has 18 heavy (non-hydrogen) atoms. The Bertz CT molecular complexity index is 467. The number of carboxylic acid groups (broad SMARTS) is 1. The van der Waals surface area contributed by atoms with Crippen LogP contribution in [0, 0.1) is 0 Å². The van der Waals surface area contributed by atoms with E-state index in [4.69, 9.17) is 5.11 Å². The molecule has 0 heterocycles. The Morgan fingerprint density at radius 3 is 2.94 bits per heavy atom. The Labute approximate surface area is 108 Å². The first-order chi connectivity index (χ1) is 8.59. The summed E-state index contributed by atoms with van der Waals surface area (Å²) in [6, 6.07) is 7.11. The van der Waals surface area contributed by atoms with Crippen molar-refractivity contribution in [1.82, 2.24) is 5.32 Å². The summed E-state index contributed by atoms with van der Waals surface area (Å²) in [4.78, 5) is 10.9. The molecule has 3 heteroatoms. The molecule has 1 atom stereocenters. The first-order valence-corrected chi connectivity index (χ1v) is 6.31. The van der Waals surface area contributed by atoms with Gasteiger partial charge in [0.05, 0.1) is 5.56 Å². The highest BCUT2D eigenvalue weighted by Gasteiger charge is 2.23. The van der Waals surface area contributed by atoms with Gasteiger partial charge in [0.25, 0.3) is 0 Å². The van der Waals surface area contributed by atoms with E-state index in [0.717, 1.165) is 24.8 Å². The summed E-state index contributed by atoms with van der Waals surface area (Å²) < 4.78 is 0. The van der Waals surface area contributed by atoms with Gasteiger partial charge in [-0.1, -0.05) is 24.3 Å². The van der Waals surface area contributed by atoms with Gasteiger partial charge in [-0.15, -0.1) is 0 Å². The number of carboxylic acids is 1. The van der Waals surface area contributed by atoms with Crippen LogP contribution in [0.1, 0.15) is 42.1 Å². The van der Waals surface area contributed by atoms with Gasteiger partial charge < -0.3 is 10.4 Å². The fourth-order valence-corrected chi connectivity index (χ4v) is 2.26. The van der Waals surface area contributed by atoms with Gasteiger partial charge in [-0.05, 0) is 43.9 Å². The fourth-order valence-electron chi connectivity index (χ4n) is 2.26. The summed E-state index contributed by atoms with van der Waals surface area (Å²) in [6.07, 6.45) is 7.70. The summed E-state index contributed by atoms with van der Waals surface area (Å²) in [5.41, 5.74) is 1.50. The van der Waals surface area contributed by atoms with E-state index < -0.39 is 5.97 Å². The number of nitrogens with one attached hydrogen (secondary N) is 1. The highest BCUT2D eigenvalue weighted by molar-refractivity contribution is 5.87. The van der Waals surface area contributed by atoms with Crippen molar-refractivity contribution in [3.05, 3.63) is 47.5 Å². The Morgan fingerprint density at radius 2 is 2.28 bits per heavy atom. The van der Waals surface area contributed by atoms with E-state index in [-0.39, 0.29) is 5.54 Å². The second-order valence-corrected chi connectivity index (χ2v) is 5.13. The lowest BCUT2D eigenvalue weighted by atomic mass is 9.87. The molecule has 0 radical (unpaired) electrons. The smallest absolute Gasteiger partial charge is 0.335 e. The molecule has 2 N–H and O–H groups in total. The molecule has 1 aromatic rings. The average Bonchev–Trinajstić information content (AvgIpc) is 2.38. The van der Waals surface area contributed by atoms with Gasteiger partial charge in [0.15, 0.2) is 0 Å². The lowest BCUT2D eigenvalue weighted by Gasteiger charge is -2.32. The highest BCUT2D eigenvalue weighted by Crippen LogP contribution is 2.23. The van der Waals surface area contributed by atoms with Gasteiger partial charge in [-0.25, -0.2) is 4.79 Å². The van der Waals surface area contributed by atoms with Gasteiger partial charge in [0.2, 0.25) is 0 Å². The third-order valence-corrected chi connectivity index (χ3v) is 3.49. The van der Waals surface area contributed by atoms with Crippen molar-refractivity contribution in [2.75, 3.05) is 0 Å². The van der Waals surface area contributed by atoms with Crippen molar-refractivity contribution in [3.63, 3.8) is 0 Å². The predicted molar refractivity (Wildman–Crippen MR) is 71.6 cm³/mol. The standard InChI is InChI=1S/C15H19NO2/c1-15(8-3-2-4-9-15)16-11-12-6-5-7-13(10-12)14(17)18/h2-3,5-7,10,16H,4,8-9,11H2,1H3,(H,17,18). The lowest BCUT2D eigenvalue weighted by molar-refractivity contribution is 0.0697. The molecule has 0 fully saturated rings. The molecule has 0 spiro atoms. The summed E-state index contributed by atoms with van der Waals surface area (Å²) in [6.45, 7) is 2.93. The van der Waals surface area contributed by atoms with Crippen LogP contribution in [0.4, 0.5) is 0 Å². The Balaban J connectivity index is 1.99. The molecule has 3 nitrogen and oxygen atoms in total. The highest BCUT2D eigenvalue weighted by atomic mass is 16.4. The van der Waals surface area contributed by atoms with Crippen molar-refractivity contribution < 1.29 is 9.90 Å². The van der Waals surface area contributed by atoms with Gasteiger partial charge in [-0.3, -0.25) is 0 Å². The minimum atomic E-state index is -0.872. The number of allylic oxidation sites excluding steroid dienone is 1. The van der Waals surface area contributed by atoms with Gasteiger partial charge >= 0.3 is 5.97 Å². The number of carbonyl (C=O) groups is 1. The number of rotatable bonds is 4. The van der Waals surface area contributed by atoms with Crippen LogP contribution < -0.4 is 5.32 Å². The summed E-state index contributed by atoms with van der Waals surface area (Å²) >= 11 is 0. The molecule has 0 aliphatic heterocycles. The molecule has 0 saturated heterocycles. The molecule has 1 aliphatic carbocycles. The van der Waals surface area contributed by atoms with Crippen LogP contribution >= 0.6 is 0 Å². The van der Waals surface area contributed by atoms with E-state index in [0.29, 0.717) is 12.1 Å². The Morgan fingerprint density at radius 1 is 1.44 bits per heavy atom. The van der Waals surface area contributed by atoms with E-state index in [1.54, 1.807) is 18.2 Å². The molecular weight excluding hydrogens is 226 g/mol. The number of hydrogen-bond donors (Lipinski definition) is 2. The van der Waals surface area contributed by atoms with E-state index in [9.17, 15) is 4.79 Å². The molecule has 1 aliphatic rings. The molecule has 96 valence electrons. The van der Waals surface area contributed by atoms with Crippen molar-refractivity contribution >= 4 is 5.97 Å². The van der Waals surface area contributed by atoms with Gasteiger partial charge in [0.1, 0.15) is 0 Å². The molecule has 0 aromatic heterocycles. The Hall–Kier alpha value is -1.61. The van der Waals surface area contributed by atoms with Gasteiger partial charge in [-0.2, -0.15) is 0 Å². The Kier molecular flexibility index (Phi) is 3.82. The minimum absolute atomic E-state index is 0.133. The zero-order chi connectivity index (χ0) is 13.0. The van der Waals surface area contributed by atoms with Gasteiger partial charge in [0, 0.05) is 12.1 Å². The zero-order valence-electron chi connectivity index (χ0n) is 10.6. The van der Waals surface area contributed by atoms with Crippen molar-refractivity contribution in [1.29, 1.82) is 0 Å². The van der Waals surface area contributed by atoms with E-state index in [1.165, 1.54) is 0 Å². The molecule has 0 amide bonds. The van der Waals surface area contributed by atoms with Crippen LogP contribution in [-0.4, -0.2) is 16.6 Å². The SMILES string of the molecule is CC1(NCc2cccc(C(=O)O)c2)CC=CCC1.